The summed E-state index contributed by atoms with van der Waals surface area (Å²) in [5, 5.41) is 9.11. The molecule has 1 N–H and O–H groups in total. The summed E-state index contributed by atoms with van der Waals surface area (Å²) in [4.78, 5) is 63.0. The van der Waals surface area contributed by atoms with Gasteiger partial charge >= 0.3 is 12.1 Å². The maximum atomic E-state index is 12.6. The van der Waals surface area contributed by atoms with E-state index in [2.05, 4.69) is 25.5 Å². The standard InChI is InChI=1S/C27H37NO6.C17H23F3O6.C12H15NO2/c1-17-6-11-22-18(2)24(31-25-27(22)21(17)12-13-26(3,32-25)33-34-27)30-20-9-7-19(8-10-20)16-23(29)28-14-4-5-15-28;1-8-4-5-11-9(2)12(22-13(21)17(18,19)20)23-14-16(11)10(8)6-7-15(3,24-14)25-26-16;14-11-5-3-10(4-6-11)9-12(15)13-7-1-2-8-13/h7-10,17-18,21-22,24-25H,4-6,11-16H2,1-3H3;8-12,14H,4-7H2,1-3H3;3-6,14H,1-2,7-9H2/t17-,18-,21-,22+,24+,25-,26+,27-;8-,9-,10-,11+,12?,14-,15+,16-;/m11./s1. The second-order valence-corrected chi connectivity index (χ2v) is 23.4. The Bertz CT molecular complexity index is 2350. The molecule has 2 aromatic rings. The summed E-state index contributed by atoms with van der Waals surface area (Å²) in [7, 11) is 0. The van der Waals surface area contributed by atoms with Gasteiger partial charge < -0.3 is 43.3 Å². The van der Waals surface area contributed by atoms with Gasteiger partial charge in [-0.25, -0.2) is 24.3 Å². The fraction of sp³-hybridized carbons (Fsp3) is 0.732. The van der Waals surface area contributed by atoms with Gasteiger partial charge in [0.15, 0.2) is 23.8 Å². The zero-order chi connectivity index (χ0) is 53.1. The van der Waals surface area contributed by atoms with Crippen LogP contribution in [0.5, 0.6) is 11.5 Å². The van der Waals surface area contributed by atoms with Gasteiger partial charge in [-0.2, -0.15) is 13.2 Å². The SMILES string of the molecule is C[C@@H]1CC[C@H]2[C@@H](C)C(OC(=O)C(F)(F)F)O[C@@H]3O[C@]4(C)CC[C@H]1[C@]32OO4.C[C@H]1[C@@H](Oc2ccc(CC(=O)N3CCCC3)cc2)O[C@@H]2O[C@]3(C)CC[C@@H]4[C@H](C)CC[C@@H]1[C@@]24OO3.O=C(Cc1ccc(O)cc1)N1CCCC1. The first-order valence-corrected chi connectivity index (χ1v) is 27.5. The number of aromatic hydroxyl groups is 1. The molecule has 10 saturated heterocycles. The second kappa shape index (κ2) is 21.3. The fourth-order valence-electron chi connectivity index (χ4n) is 14.1. The van der Waals surface area contributed by atoms with Gasteiger partial charge in [-0.05, 0) is 137 Å². The van der Waals surface area contributed by atoms with Crippen LogP contribution in [0.1, 0.15) is 130 Å². The van der Waals surface area contributed by atoms with Gasteiger partial charge in [0.2, 0.25) is 36.0 Å². The van der Waals surface area contributed by atoms with Crippen molar-refractivity contribution >= 4 is 17.8 Å². The van der Waals surface area contributed by atoms with Crippen LogP contribution >= 0.6 is 0 Å². The van der Waals surface area contributed by atoms with Crippen LogP contribution < -0.4 is 4.74 Å². The number of benzene rings is 2. The Labute approximate surface area is 437 Å². The number of alkyl halides is 3. The van der Waals surface area contributed by atoms with Crippen LogP contribution in [0.4, 0.5) is 13.2 Å². The average Bonchev–Trinajstić information content (AvgIpc) is 4.09. The minimum absolute atomic E-state index is 0.0947. The first kappa shape index (κ1) is 54.3. The van der Waals surface area contributed by atoms with E-state index in [4.69, 9.17) is 48.3 Å². The Morgan fingerprint density at radius 2 is 1.03 bits per heavy atom. The molecule has 2 amide bonds. The van der Waals surface area contributed by atoms with E-state index in [1.807, 2.05) is 41.0 Å². The van der Waals surface area contributed by atoms with Gasteiger partial charge in [0.05, 0.1) is 12.8 Å². The number of likely N-dealkylation sites (tertiary alicyclic amines) is 2. The summed E-state index contributed by atoms with van der Waals surface area (Å²) in [6, 6.07) is 14.7. The number of esters is 1. The predicted octanol–water partition coefficient (Wildman–Crippen LogP) is 9.30. The summed E-state index contributed by atoms with van der Waals surface area (Å²) in [5.74, 6) is -1.70. The summed E-state index contributed by atoms with van der Waals surface area (Å²) < 4.78 is 73.6. The van der Waals surface area contributed by atoms with E-state index in [0.29, 0.717) is 43.4 Å². The van der Waals surface area contributed by atoms with Crippen molar-refractivity contribution in [3.63, 3.8) is 0 Å². The molecule has 2 saturated carbocycles. The number of amides is 2. The number of hydrogen-bond acceptors (Lipinski definition) is 14. The number of hydrogen-bond donors (Lipinski definition) is 1. The quantitative estimate of drug-likeness (QED) is 0.206. The molecule has 19 heteroatoms. The average molecular weight is 1060 g/mol. The zero-order valence-corrected chi connectivity index (χ0v) is 44.1. The Hall–Kier alpha value is -4.08. The van der Waals surface area contributed by atoms with E-state index < -0.39 is 66.0 Å². The zero-order valence-electron chi connectivity index (χ0n) is 44.1. The van der Waals surface area contributed by atoms with Crippen molar-refractivity contribution in [3.05, 3.63) is 59.7 Å². The summed E-state index contributed by atoms with van der Waals surface area (Å²) >= 11 is 0. The molecule has 0 radical (unpaired) electrons. The number of carbonyl (C=O) groups excluding carboxylic acids is 3. The summed E-state index contributed by atoms with van der Waals surface area (Å²) in [6.45, 7) is 15.6. The molecule has 2 aromatic carbocycles. The van der Waals surface area contributed by atoms with Crippen LogP contribution in [0.25, 0.3) is 0 Å². The maximum Gasteiger partial charge on any atom is 0.491 e. The van der Waals surface area contributed by atoms with Crippen molar-refractivity contribution in [2.75, 3.05) is 26.2 Å². The number of rotatable bonds is 7. The highest BCUT2D eigenvalue weighted by Gasteiger charge is 2.71. The Morgan fingerprint density at radius 3 is 1.48 bits per heavy atom. The maximum absolute atomic E-state index is 12.6. The van der Waals surface area contributed by atoms with Crippen LogP contribution in [-0.2, 0) is 70.5 Å². The molecule has 10 heterocycles. The third kappa shape index (κ3) is 10.7. The van der Waals surface area contributed by atoms with Crippen molar-refractivity contribution in [1.82, 2.24) is 9.80 Å². The third-order valence-corrected chi connectivity index (χ3v) is 18.4. The van der Waals surface area contributed by atoms with E-state index >= 15 is 0 Å². The van der Waals surface area contributed by atoms with Crippen LogP contribution in [0, 0.1) is 47.3 Å². The number of carbonyl (C=O) groups is 3. The lowest BCUT2D eigenvalue weighted by Crippen LogP contribution is -2.70. The first-order valence-electron chi connectivity index (χ1n) is 27.5. The molecule has 10 aliphatic heterocycles. The van der Waals surface area contributed by atoms with Gasteiger partial charge in [0.25, 0.3) is 0 Å². The molecule has 2 aliphatic carbocycles. The molecule has 75 heavy (non-hydrogen) atoms. The van der Waals surface area contributed by atoms with Gasteiger partial charge in [0, 0.05) is 62.7 Å². The van der Waals surface area contributed by atoms with E-state index in [9.17, 15) is 27.6 Å². The van der Waals surface area contributed by atoms with Crippen LogP contribution in [0.3, 0.4) is 0 Å². The predicted molar refractivity (Wildman–Crippen MR) is 260 cm³/mol. The lowest BCUT2D eigenvalue weighted by atomic mass is 9.58. The van der Waals surface area contributed by atoms with Gasteiger partial charge in [0.1, 0.15) is 11.5 Å². The molecule has 414 valence electrons. The number of phenolic OH excluding ortho intramolecular Hbond substituents is 1. The second-order valence-electron chi connectivity index (χ2n) is 23.4. The topological polar surface area (TPSA) is 170 Å². The highest BCUT2D eigenvalue weighted by atomic mass is 19.4. The fourth-order valence-corrected chi connectivity index (χ4v) is 14.1. The first-order chi connectivity index (χ1) is 35.7. The van der Waals surface area contributed by atoms with Crippen LogP contribution in [0.2, 0.25) is 0 Å². The smallest absolute Gasteiger partial charge is 0.491 e. The molecule has 12 aliphatic rings. The van der Waals surface area contributed by atoms with Gasteiger partial charge in [-0.1, -0.05) is 52.0 Å². The molecule has 16 atom stereocenters. The molecule has 12 fully saturated rings. The van der Waals surface area contributed by atoms with Gasteiger partial charge in [-0.15, -0.1) is 0 Å². The number of ether oxygens (including phenoxy) is 6. The molecular formula is C56H75F3N2O14. The highest BCUT2D eigenvalue weighted by Crippen LogP contribution is 2.62. The molecular weight excluding hydrogens is 982 g/mol. The highest BCUT2D eigenvalue weighted by molar-refractivity contribution is 5.79. The monoisotopic (exact) mass is 1060 g/mol. The minimum Gasteiger partial charge on any atom is -0.508 e. The van der Waals surface area contributed by atoms with Crippen molar-refractivity contribution in [2.45, 2.75) is 186 Å². The number of halogens is 3. The van der Waals surface area contributed by atoms with Crippen molar-refractivity contribution in [3.8, 4) is 11.5 Å². The van der Waals surface area contributed by atoms with Crippen LogP contribution in [0.15, 0.2) is 48.5 Å². The molecule has 16 nitrogen and oxygen atoms in total. The molecule has 0 aromatic heterocycles. The lowest BCUT2D eigenvalue weighted by molar-refractivity contribution is -0.576. The number of nitrogens with zero attached hydrogens (tertiary/aromatic N) is 2. The van der Waals surface area contributed by atoms with Gasteiger partial charge in [-0.3, -0.25) is 9.59 Å². The largest absolute Gasteiger partial charge is 0.508 e. The van der Waals surface area contributed by atoms with Crippen molar-refractivity contribution < 1.29 is 80.6 Å². The Balaban J connectivity index is 0.000000138. The van der Waals surface area contributed by atoms with Crippen molar-refractivity contribution in [2.24, 2.45) is 47.3 Å². The summed E-state index contributed by atoms with van der Waals surface area (Å²) in [5.41, 5.74) is 0.499. The molecule has 2 spiro atoms. The van der Waals surface area contributed by atoms with E-state index in [0.717, 1.165) is 101 Å². The molecule has 14 rings (SSSR count). The number of phenols is 1. The lowest BCUT2D eigenvalue weighted by Gasteiger charge is -2.60. The van der Waals surface area contributed by atoms with E-state index in [1.54, 1.807) is 38.1 Å². The minimum atomic E-state index is -5.07. The van der Waals surface area contributed by atoms with E-state index in [-0.39, 0.29) is 41.2 Å². The van der Waals surface area contributed by atoms with Crippen LogP contribution in [-0.4, -0.2) is 113 Å². The summed E-state index contributed by atoms with van der Waals surface area (Å²) in [6.07, 6.45) is 4.12. The molecule has 1 unspecified atom stereocenters. The molecule has 4 bridgehead atoms. The normalized spacial score (nSPS) is 40.3. The third-order valence-electron chi connectivity index (χ3n) is 18.4. The Kier molecular flexibility index (Phi) is 15.4. The van der Waals surface area contributed by atoms with E-state index in [1.165, 1.54) is 6.42 Å². The van der Waals surface area contributed by atoms with Crippen molar-refractivity contribution in [1.29, 1.82) is 0 Å². The Morgan fingerprint density at radius 1 is 0.600 bits per heavy atom. The number of fused-ring (bicyclic) bond motifs is 4.